The zero-order chi connectivity index (χ0) is 12.6. The average Bonchev–Trinajstić information content (AvgIpc) is 2.42. The minimum Gasteiger partial charge on any atom is -0.311 e. The predicted molar refractivity (Wildman–Crippen MR) is 75.4 cm³/mol. The molecule has 0 radical (unpaired) electrons. The number of nitrogens with one attached hydrogen (secondary N) is 1. The monoisotopic (exact) mass is 240 g/mol. The molecule has 0 atom stereocenters. The number of rotatable bonds is 6. The molecule has 2 heteroatoms. The molecule has 2 nitrogen and oxygen atoms in total. The number of pyridine rings is 1. The van der Waals surface area contributed by atoms with E-state index < -0.39 is 0 Å². The topological polar surface area (TPSA) is 24.9 Å². The molecule has 0 fully saturated rings. The van der Waals surface area contributed by atoms with Gasteiger partial charge in [0.1, 0.15) is 0 Å². The minimum absolute atomic E-state index is 0.856. The van der Waals surface area contributed by atoms with E-state index >= 15 is 0 Å². The summed E-state index contributed by atoms with van der Waals surface area (Å²) in [7, 11) is 0. The van der Waals surface area contributed by atoms with Gasteiger partial charge in [0, 0.05) is 12.7 Å². The van der Waals surface area contributed by atoms with Gasteiger partial charge in [-0.15, -0.1) is 0 Å². The molecule has 0 saturated heterocycles. The summed E-state index contributed by atoms with van der Waals surface area (Å²) >= 11 is 0. The van der Waals surface area contributed by atoms with Crippen molar-refractivity contribution in [3.05, 3.63) is 65.5 Å². The Labute approximate surface area is 109 Å². The largest absolute Gasteiger partial charge is 0.311 e. The fourth-order valence-electron chi connectivity index (χ4n) is 1.88. The minimum atomic E-state index is 0.856. The number of nitrogens with zero attached hydrogens (tertiary/aromatic N) is 1. The molecule has 0 aliphatic carbocycles. The Morgan fingerprint density at radius 2 is 1.89 bits per heavy atom. The van der Waals surface area contributed by atoms with E-state index in [1.54, 1.807) is 0 Å². The van der Waals surface area contributed by atoms with Gasteiger partial charge in [-0.2, -0.15) is 0 Å². The van der Waals surface area contributed by atoms with Crippen molar-refractivity contribution in [2.45, 2.75) is 26.3 Å². The van der Waals surface area contributed by atoms with E-state index in [9.17, 15) is 0 Å². The molecule has 1 N–H and O–H groups in total. The van der Waals surface area contributed by atoms with Crippen molar-refractivity contribution in [1.82, 2.24) is 10.3 Å². The molecule has 2 rings (SSSR count). The van der Waals surface area contributed by atoms with Crippen molar-refractivity contribution < 1.29 is 0 Å². The summed E-state index contributed by atoms with van der Waals surface area (Å²) in [6.07, 6.45) is 4.21. The van der Waals surface area contributed by atoms with Gasteiger partial charge < -0.3 is 5.32 Å². The third kappa shape index (κ3) is 4.30. The average molecular weight is 240 g/mol. The summed E-state index contributed by atoms with van der Waals surface area (Å²) in [4.78, 5) is 4.37. The lowest BCUT2D eigenvalue weighted by molar-refractivity contribution is 0.640. The van der Waals surface area contributed by atoms with Crippen LogP contribution >= 0.6 is 0 Å². The molecule has 18 heavy (non-hydrogen) atoms. The van der Waals surface area contributed by atoms with E-state index in [-0.39, 0.29) is 0 Å². The Kier molecular flexibility index (Phi) is 4.91. The molecule has 0 aliphatic heterocycles. The Morgan fingerprint density at radius 1 is 1.06 bits per heavy atom. The first-order chi connectivity index (χ1) is 8.84. The number of benzene rings is 1. The SMILES string of the molecule is Cc1ccc(CNCCCc2ccccc2)nc1. The smallest absolute Gasteiger partial charge is 0.0541 e. The second-order valence-corrected chi connectivity index (χ2v) is 4.59. The quantitative estimate of drug-likeness (QED) is 0.785. The van der Waals surface area contributed by atoms with Crippen LogP contribution < -0.4 is 5.32 Å². The van der Waals surface area contributed by atoms with E-state index in [0.29, 0.717) is 0 Å². The van der Waals surface area contributed by atoms with Gasteiger partial charge in [0.25, 0.3) is 0 Å². The van der Waals surface area contributed by atoms with E-state index in [4.69, 9.17) is 0 Å². The van der Waals surface area contributed by atoms with Crippen molar-refractivity contribution in [1.29, 1.82) is 0 Å². The molecule has 0 unspecified atom stereocenters. The van der Waals surface area contributed by atoms with Gasteiger partial charge in [-0.3, -0.25) is 4.98 Å². The summed E-state index contributed by atoms with van der Waals surface area (Å²) in [6.45, 7) is 3.95. The van der Waals surface area contributed by atoms with Gasteiger partial charge in [0.2, 0.25) is 0 Å². The van der Waals surface area contributed by atoms with Gasteiger partial charge in [0.15, 0.2) is 0 Å². The zero-order valence-corrected chi connectivity index (χ0v) is 10.9. The van der Waals surface area contributed by atoms with Crippen LogP contribution in [0.4, 0.5) is 0 Å². The first-order valence-electron chi connectivity index (χ1n) is 6.51. The number of hydrogen-bond donors (Lipinski definition) is 1. The number of hydrogen-bond acceptors (Lipinski definition) is 2. The van der Waals surface area contributed by atoms with Gasteiger partial charge in [-0.05, 0) is 43.5 Å². The summed E-state index contributed by atoms with van der Waals surface area (Å²) in [5, 5.41) is 3.43. The Morgan fingerprint density at radius 3 is 2.61 bits per heavy atom. The van der Waals surface area contributed by atoms with E-state index in [1.165, 1.54) is 11.1 Å². The van der Waals surface area contributed by atoms with Crippen molar-refractivity contribution in [2.24, 2.45) is 0 Å². The lowest BCUT2D eigenvalue weighted by Crippen LogP contribution is -2.16. The lowest BCUT2D eigenvalue weighted by Gasteiger charge is -2.05. The molecular weight excluding hydrogens is 220 g/mol. The summed E-state index contributed by atoms with van der Waals surface area (Å²) in [5.74, 6) is 0. The maximum absolute atomic E-state index is 4.37. The molecule has 94 valence electrons. The standard InChI is InChI=1S/C16H20N2/c1-14-9-10-16(18-12-14)13-17-11-5-8-15-6-3-2-4-7-15/h2-4,6-7,9-10,12,17H,5,8,11,13H2,1H3. The van der Waals surface area contributed by atoms with Crippen LogP contribution in [0, 0.1) is 6.92 Å². The first kappa shape index (κ1) is 12.8. The fourth-order valence-corrected chi connectivity index (χ4v) is 1.88. The second kappa shape index (κ2) is 6.92. The highest BCUT2D eigenvalue weighted by Gasteiger charge is 1.95. The van der Waals surface area contributed by atoms with Crippen molar-refractivity contribution in [3.63, 3.8) is 0 Å². The highest BCUT2D eigenvalue weighted by molar-refractivity contribution is 5.14. The Balaban J connectivity index is 1.63. The lowest BCUT2D eigenvalue weighted by atomic mass is 10.1. The Hall–Kier alpha value is -1.67. The van der Waals surface area contributed by atoms with Crippen LogP contribution in [0.25, 0.3) is 0 Å². The Bertz CT molecular complexity index is 448. The van der Waals surface area contributed by atoms with E-state index in [0.717, 1.165) is 31.6 Å². The number of aryl methyl sites for hydroxylation is 2. The fraction of sp³-hybridized carbons (Fsp3) is 0.312. The molecular formula is C16H20N2. The van der Waals surface area contributed by atoms with Gasteiger partial charge in [0.05, 0.1) is 5.69 Å². The predicted octanol–water partition coefficient (Wildman–Crippen LogP) is 3.11. The molecule has 1 aromatic heterocycles. The molecule has 0 amide bonds. The molecule has 0 saturated carbocycles. The third-order valence-corrected chi connectivity index (χ3v) is 2.94. The summed E-state index contributed by atoms with van der Waals surface area (Å²) < 4.78 is 0. The van der Waals surface area contributed by atoms with E-state index in [1.807, 2.05) is 6.20 Å². The normalized spacial score (nSPS) is 10.5. The second-order valence-electron chi connectivity index (χ2n) is 4.59. The molecule has 0 aliphatic rings. The molecule has 1 heterocycles. The van der Waals surface area contributed by atoms with E-state index in [2.05, 4.69) is 59.7 Å². The number of aromatic nitrogens is 1. The third-order valence-electron chi connectivity index (χ3n) is 2.94. The van der Waals surface area contributed by atoms with Crippen LogP contribution in [0.3, 0.4) is 0 Å². The summed E-state index contributed by atoms with van der Waals surface area (Å²) in [5.41, 5.74) is 3.73. The van der Waals surface area contributed by atoms with Crippen LogP contribution in [0.5, 0.6) is 0 Å². The van der Waals surface area contributed by atoms with Gasteiger partial charge in [-0.1, -0.05) is 36.4 Å². The van der Waals surface area contributed by atoms with Gasteiger partial charge in [-0.25, -0.2) is 0 Å². The van der Waals surface area contributed by atoms with Gasteiger partial charge >= 0.3 is 0 Å². The maximum atomic E-state index is 4.37. The molecule has 1 aromatic carbocycles. The van der Waals surface area contributed by atoms with Crippen LogP contribution in [-0.4, -0.2) is 11.5 Å². The van der Waals surface area contributed by atoms with Crippen molar-refractivity contribution >= 4 is 0 Å². The first-order valence-corrected chi connectivity index (χ1v) is 6.51. The molecule has 0 spiro atoms. The molecule has 0 bridgehead atoms. The van der Waals surface area contributed by atoms with Crippen molar-refractivity contribution in [3.8, 4) is 0 Å². The highest BCUT2D eigenvalue weighted by Crippen LogP contribution is 2.02. The van der Waals surface area contributed by atoms with Crippen molar-refractivity contribution in [2.75, 3.05) is 6.54 Å². The van der Waals surface area contributed by atoms with Crippen LogP contribution in [0.2, 0.25) is 0 Å². The highest BCUT2D eigenvalue weighted by atomic mass is 14.9. The van der Waals surface area contributed by atoms with Crippen LogP contribution in [0.1, 0.15) is 23.2 Å². The van der Waals surface area contributed by atoms with Crippen LogP contribution in [0.15, 0.2) is 48.7 Å². The van der Waals surface area contributed by atoms with Crippen LogP contribution in [-0.2, 0) is 13.0 Å². The zero-order valence-electron chi connectivity index (χ0n) is 10.9. The summed E-state index contributed by atoms with van der Waals surface area (Å²) in [6, 6.07) is 14.8. The molecule has 2 aromatic rings. The maximum Gasteiger partial charge on any atom is 0.0541 e.